The van der Waals surface area contributed by atoms with E-state index in [0.29, 0.717) is 41.7 Å². The number of methoxy groups -OCH3 is 1. The molecule has 5 rings (SSSR count). The number of rotatable bonds is 5. The van der Waals surface area contributed by atoms with Gasteiger partial charge in [-0.25, -0.2) is 15.0 Å². The molecular formula is C30H34N6O4S. The first-order valence-corrected chi connectivity index (χ1v) is 14.3. The monoisotopic (exact) mass is 574 g/mol. The first kappa shape index (κ1) is 28.6. The molecule has 0 unspecified atom stereocenters. The van der Waals surface area contributed by atoms with Gasteiger partial charge in [0, 0.05) is 63.5 Å². The maximum absolute atomic E-state index is 13.7. The average Bonchev–Trinajstić information content (AvgIpc) is 3.43. The van der Waals surface area contributed by atoms with Gasteiger partial charge in [-0.3, -0.25) is 14.5 Å². The molecule has 0 saturated carbocycles. The highest BCUT2D eigenvalue weighted by Crippen LogP contribution is 2.28. The maximum atomic E-state index is 13.7. The number of carbonyl (C=O) groups excluding carboxylic acids is 2. The van der Waals surface area contributed by atoms with Gasteiger partial charge in [-0.1, -0.05) is 19.1 Å². The summed E-state index contributed by atoms with van der Waals surface area (Å²) in [6, 6.07) is 12.8. The van der Waals surface area contributed by atoms with E-state index in [1.54, 1.807) is 37.3 Å². The third kappa shape index (κ3) is 6.70. The van der Waals surface area contributed by atoms with Gasteiger partial charge in [-0.15, -0.1) is 11.3 Å². The van der Waals surface area contributed by atoms with Crippen molar-refractivity contribution in [2.24, 2.45) is 5.92 Å². The summed E-state index contributed by atoms with van der Waals surface area (Å²) in [5, 5.41) is 3.25. The van der Waals surface area contributed by atoms with Gasteiger partial charge in [0.2, 0.25) is 0 Å². The summed E-state index contributed by atoms with van der Waals surface area (Å²) in [6.07, 6.45) is 4.98. The SMILES string of the molecule is CO[C@@H]1CN(C)C(=O)c2cc(NC(=O)c3nc4ccccc4s3)ccc2OC[C@H](C)N(Cc2cncnc2)C[C@@H]1C. The van der Waals surface area contributed by atoms with Gasteiger partial charge in [0.25, 0.3) is 11.8 Å². The Morgan fingerprint density at radius 2 is 1.93 bits per heavy atom. The molecule has 1 N–H and O–H groups in total. The van der Waals surface area contributed by atoms with Gasteiger partial charge in [0.05, 0.1) is 21.9 Å². The molecule has 214 valence electrons. The van der Waals surface area contributed by atoms with E-state index in [4.69, 9.17) is 9.47 Å². The zero-order chi connectivity index (χ0) is 28.9. The second kappa shape index (κ2) is 12.7. The molecule has 2 aromatic carbocycles. The Bertz CT molecular complexity index is 1480. The number of ether oxygens (including phenoxy) is 2. The van der Waals surface area contributed by atoms with Gasteiger partial charge < -0.3 is 19.7 Å². The third-order valence-electron chi connectivity index (χ3n) is 7.32. The molecule has 0 saturated heterocycles. The number of nitrogens with zero attached hydrogens (tertiary/aromatic N) is 5. The minimum absolute atomic E-state index is 0.0219. The second-order valence-corrected chi connectivity index (χ2v) is 11.5. The lowest BCUT2D eigenvalue weighted by molar-refractivity contribution is 0.00918. The summed E-state index contributed by atoms with van der Waals surface area (Å²) < 4.78 is 13.1. The molecule has 4 aromatic rings. The molecule has 3 heterocycles. The highest BCUT2D eigenvalue weighted by molar-refractivity contribution is 7.20. The highest BCUT2D eigenvalue weighted by Gasteiger charge is 2.29. The van der Waals surface area contributed by atoms with Crippen molar-refractivity contribution in [1.29, 1.82) is 0 Å². The summed E-state index contributed by atoms with van der Waals surface area (Å²) in [5.74, 6) is 0.0400. The number of hydrogen-bond acceptors (Lipinski definition) is 9. The van der Waals surface area contributed by atoms with Crippen molar-refractivity contribution in [2.75, 3.05) is 39.2 Å². The highest BCUT2D eigenvalue weighted by atomic mass is 32.1. The van der Waals surface area contributed by atoms with E-state index < -0.39 is 0 Å². The van der Waals surface area contributed by atoms with E-state index in [1.807, 2.05) is 36.7 Å². The van der Waals surface area contributed by atoms with Crippen molar-refractivity contribution >= 4 is 39.1 Å². The molecule has 0 bridgehead atoms. The number of nitrogens with one attached hydrogen (secondary N) is 1. The zero-order valence-corrected chi connectivity index (χ0v) is 24.4. The predicted octanol–water partition coefficient (Wildman–Crippen LogP) is 4.34. The van der Waals surface area contributed by atoms with E-state index in [9.17, 15) is 9.59 Å². The maximum Gasteiger partial charge on any atom is 0.284 e. The molecule has 11 heteroatoms. The van der Waals surface area contributed by atoms with Gasteiger partial charge in [-0.2, -0.15) is 0 Å². The van der Waals surface area contributed by atoms with Crippen LogP contribution in [0.5, 0.6) is 5.75 Å². The fourth-order valence-corrected chi connectivity index (χ4v) is 5.81. The number of anilines is 1. The van der Waals surface area contributed by atoms with Crippen LogP contribution in [0.25, 0.3) is 10.2 Å². The van der Waals surface area contributed by atoms with Gasteiger partial charge in [0.1, 0.15) is 18.7 Å². The molecule has 0 spiro atoms. The lowest BCUT2D eigenvalue weighted by Gasteiger charge is -2.36. The topological polar surface area (TPSA) is 110 Å². The Kier molecular flexibility index (Phi) is 8.87. The number of fused-ring (bicyclic) bond motifs is 2. The minimum atomic E-state index is -0.330. The first-order valence-electron chi connectivity index (χ1n) is 13.5. The summed E-state index contributed by atoms with van der Waals surface area (Å²) >= 11 is 1.32. The Balaban J connectivity index is 1.41. The molecule has 1 aliphatic rings. The molecule has 10 nitrogen and oxygen atoms in total. The van der Waals surface area contributed by atoms with Crippen LogP contribution in [0.3, 0.4) is 0 Å². The molecule has 0 fully saturated rings. The number of amides is 2. The number of thiazole rings is 1. The molecule has 2 aromatic heterocycles. The molecule has 41 heavy (non-hydrogen) atoms. The number of likely N-dealkylation sites (N-methyl/N-ethyl adjacent to an activating group) is 1. The zero-order valence-electron chi connectivity index (χ0n) is 23.6. The van der Waals surface area contributed by atoms with Crippen molar-refractivity contribution in [3.8, 4) is 5.75 Å². The summed E-state index contributed by atoms with van der Waals surface area (Å²) in [7, 11) is 3.43. The van der Waals surface area contributed by atoms with Crippen LogP contribution >= 0.6 is 11.3 Å². The van der Waals surface area contributed by atoms with Gasteiger partial charge >= 0.3 is 0 Å². The van der Waals surface area contributed by atoms with Crippen molar-refractivity contribution in [1.82, 2.24) is 24.8 Å². The van der Waals surface area contributed by atoms with Crippen LogP contribution in [0.1, 0.15) is 39.6 Å². The van der Waals surface area contributed by atoms with E-state index in [2.05, 4.69) is 39.0 Å². The van der Waals surface area contributed by atoms with E-state index >= 15 is 0 Å². The Hall–Kier alpha value is -3.93. The quantitative estimate of drug-likeness (QED) is 0.375. The normalized spacial score (nSPS) is 20.5. The average molecular weight is 575 g/mol. The molecule has 1 aliphatic heterocycles. The van der Waals surface area contributed by atoms with Crippen molar-refractivity contribution < 1.29 is 19.1 Å². The largest absolute Gasteiger partial charge is 0.491 e. The molecule has 0 radical (unpaired) electrons. The lowest BCUT2D eigenvalue weighted by atomic mass is 10.0. The van der Waals surface area contributed by atoms with Gasteiger partial charge in [-0.05, 0) is 43.2 Å². The van der Waals surface area contributed by atoms with Crippen LogP contribution in [0.2, 0.25) is 0 Å². The van der Waals surface area contributed by atoms with Crippen LogP contribution < -0.4 is 10.1 Å². The number of carbonyl (C=O) groups is 2. The second-order valence-electron chi connectivity index (χ2n) is 10.4. The van der Waals surface area contributed by atoms with E-state index in [-0.39, 0.29) is 29.9 Å². The number of aromatic nitrogens is 3. The summed E-state index contributed by atoms with van der Waals surface area (Å²) in [4.78, 5) is 43.4. The molecule has 0 aliphatic carbocycles. The standard InChI is InChI=1S/C30H34N6O4S/c1-19-14-36(15-21-12-31-18-32-13-21)20(2)17-40-25-10-9-22(11-23(25)30(38)35(3)16-26(19)39-4)33-28(37)29-34-24-7-5-6-8-27(24)41-29/h5-13,18-20,26H,14-17H2,1-4H3,(H,33,37)/t19-,20-,26+/m0/s1. The number of benzene rings is 2. The van der Waals surface area contributed by atoms with Crippen LogP contribution in [-0.2, 0) is 11.3 Å². The minimum Gasteiger partial charge on any atom is -0.491 e. The van der Waals surface area contributed by atoms with Crippen molar-refractivity contribution in [3.05, 3.63) is 77.3 Å². The van der Waals surface area contributed by atoms with Crippen LogP contribution in [0.15, 0.2) is 61.2 Å². The Morgan fingerprint density at radius 3 is 2.68 bits per heavy atom. The van der Waals surface area contributed by atoms with E-state index in [1.165, 1.54) is 17.7 Å². The first-order chi connectivity index (χ1) is 19.8. The molecule has 3 atom stereocenters. The molecular weight excluding hydrogens is 540 g/mol. The Morgan fingerprint density at radius 1 is 1.15 bits per heavy atom. The fourth-order valence-electron chi connectivity index (χ4n) is 4.95. The third-order valence-corrected chi connectivity index (χ3v) is 8.35. The van der Waals surface area contributed by atoms with Gasteiger partial charge in [0.15, 0.2) is 5.01 Å². The van der Waals surface area contributed by atoms with Crippen molar-refractivity contribution in [3.63, 3.8) is 0 Å². The van der Waals surface area contributed by atoms with E-state index in [0.717, 1.165) is 22.3 Å². The predicted molar refractivity (Wildman–Crippen MR) is 158 cm³/mol. The molecule has 2 amide bonds. The lowest BCUT2D eigenvalue weighted by Crippen LogP contribution is -2.46. The van der Waals surface area contributed by atoms with Crippen LogP contribution in [0.4, 0.5) is 5.69 Å². The summed E-state index contributed by atoms with van der Waals surface area (Å²) in [5.41, 5.74) is 2.64. The number of hydrogen-bond donors (Lipinski definition) is 1. The van der Waals surface area contributed by atoms with Crippen LogP contribution in [0, 0.1) is 5.92 Å². The fraction of sp³-hybridized carbons (Fsp3) is 0.367. The summed E-state index contributed by atoms with van der Waals surface area (Å²) in [6.45, 7) is 6.39. The smallest absolute Gasteiger partial charge is 0.284 e. The number of para-hydroxylation sites is 1. The Labute approximate surface area is 243 Å². The van der Waals surface area contributed by atoms with Crippen LogP contribution in [-0.4, -0.2) is 82.6 Å². The van der Waals surface area contributed by atoms with Crippen molar-refractivity contribution in [2.45, 2.75) is 32.5 Å².